The van der Waals surface area contributed by atoms with Gasteiger partial charge in [-0.1, -0.05) is 47.5 Å². The van der Waals surface area contributed by atoms with Crippen molar-refractivity contribution in [1.29, 1.82) is 0 Å². The Kier molecular flexibility index (Phi) is 5.05. The van der Waals surface area contributed by atoms with Gasteiger partial charge in [0.15, 0.2) is 0 Å². The molecule has 0 spiro atoms. The highest BCUT2D eigenvalue weighted by Gasteiger charge is 2.11. The highest BCUT2D eigenvalue weighted by Crippen LogP contribution is 2.27. The Morgan fingerprint density at radius 3 is 2.65 bits per heavy atom. The van der Waals surface area contributed by atoms with E-state index in [0.29, 0.717) is 6.61 Å². The van der Waals surface area contributed by atoms with Gasteiger partial charge in [-0.2, -0.15) is 0 Å². The molecule has 3 heteroatoms. The van der Waals surface area contributed by atoms with Crippen molar-refractivity contribution in [2.45, 2.75) is 26.5 Å². The molecule has 1 N–H and O–H groups in total. The minimum absolute atomic E-state index is 0.246. The fraction of sp³-hybridized carbons (Fsp3) is 0.294. The van der Waals surface area contributed by atoms with E-state index in [-0.39, 0.29) is 6.04 Å². The van der Waals surface area contributed by atoms with Crippen LogP contribution in [0, 0.1) is 6.92 Å². The molecular weight excluding hydrogens is 270 g/mol. The fourth-order valence-electron chi connectivity index (χ4n) is 2.06. The van der Waals surface area contributed by atoms with Crippen molar-refractivity contribution in [2.75, 3.05) is 7.05 Å². The second kappa shape index (κ2) is 6.78. The van der Waals surface area contributed by atoms with E-state index in [1.54, 1.807) is 0 Å². The van der Waals surface area contributed by atoms with E-state index in [1.165, 1.54) is 11.1 Å². The van der Waals surface area contributed by atoms with E-state index < -0.39 is 0 Å². The van der Waals surface area contributed by atoms with E-state index in [2.05, 4.69) is 31.3 Å². The van der Waals surface area contributed by atoms with Gasteiger partial charge in [-0.25, -0.2) is 0 Å². The van der Waals surface area contributed by atoms with Crippen LogP contribution >= 0.6 is 11.6 Å². The molecule has 0 bridgehead atoms. The van der Waals surface area contributed by atoms with E-state index in [0.717, 1.165) is 16.3 Å². The standard InChI is InChI=1S/C17H20ClNO/c1-12-8-9-17(15(10-12)13(2)19-3)20-11-14-6-4-5-7-16(14)18/h4-10,13,19H,11H2,1-3H3. The zero-order valence-electron chi connectivity index (χ0n) is 12.1. The Bertz CT molecular complexity index is 583. The van der Waals surface area contributed by atoms with E-state index in [1.807, 2.05) is 37.4 Å². The first-order valence-electron chi connectivity index (χ1n) is 6.76. The lowest BCUT2D eigenvalue weighted by atomic mass is 10.0. The number of hydrogen-bond acceptors (Lipinski definition) is 2. The van der Waals surface area contributed by atoms with Crippen LogP contribution < -0.4 is 10.1 Å². The summed E-state index contributed by atoms with van der Waals surface area (Å²) in [6.07, 6.45) is 0. The van der Waals surface area contributed by atoms with E-state index in [9.17, 15) is 0 Å². The van der Waals surface area contributed by atoms with Gasteiger partial charge in [0, 0.05) is 22.2 Å². The second-order valence-electron chi connectivity index (χ2n) is 4.93. The largest absolute Gasteiger partial charge is 0.489 e. The summed E-state index contributed by atoms with van der Waals surface area (Å²) in [6, 6.07) is 14.2. The zero-order valence-corrected chi connectivity index (χ0v) is 12.9. The Morgan fingerprint density at radius 1 is 1.20 bits per heavy atom. The lowest BCUT2D eigenvalue weighted by Gasteiger charge is -2.17. The molecule has 0 radical (unpaired) electrons. The Balaban J connectivity index is 2.19. The van der Waals surface area contributed by atoms with Crippen LogP contribution in [0.3, 0.4) is 0 Å². The summed E-state index contributed by atoms with van der Waals surface area (Å²) in [5.41, 5.74) is 3.39. The summed E-state index contributed by atoms with van der Waals surface area (Å²) in [4.78, 5) is 0. The lowest BCUT2D eigenvalue weighted by Crippen LogP contribution is -2.14. The monoisotopic (exact) mass is 289 g/mol. The highest BCUT2D eigenvalue weighted by atomic mass is 35.5. The Labute approximate surface area is 125 Å². The second-order valence-corrected chi connectivity index (χ2v) is 5.34. The van der Waals surface area contributed by atoms with Gasteiger partial charge < -0.3 is 10.1 Å². The molecule has 0 aliphatic rings. The molecule has 0 aliphatic heterocycles. The van der Waals surface area contributed by atoms with Crippen molar-refractivity contribution in [3.63, 3.8) is 0 Å². The Hall–Kier alpha value is -1.51. The minimum atomic E-state index is 0.246. The normalized spacial score (nSPS) is 12.2. The Morgan fingerprint density at radius 2 is 1.95 bits per heavy atom. The van der Waals surface area contributed by atoms with Crippen LogP contribution in [0.5, 0.6) is 5.75 Å². The smallest absolute Gasteiger partial charge is 0.124 e. The summed E-state index contributed by atoms with van der Waals surface area (Å²) in [5, 5.41) is 3.99. The lowest BCUT2D eigenvalue weighted by molar-refractivity contribution is 0.300. The molecule has 0 aromatic heterocycles. The predicted molar refractivity (Wildman–Crippen MR) is 84.4 cm³/mol. The van der Waals surface area contributed by atoms with Crippen molar-refractivity contribution < 1.29 is 4.74 Å². The van der Waals surface area contributed by atoms with Crippen molar-refractivity contribution in [1.82, 2.24) is 5.32 Å². The third kappa shape index (κ3) is 3.53. The van der Waals surface area contributed by atoms with E-state index in [4.69, 9.17) is 16.3 Å². The van der Waals surface area contributed by atoms with Crippen molar-refractivity contribution in [3.05, 3.63) is 64.2 Å². The average molecular weight is 290 g/mol. The van der Waals surface area contributed by atoms with Crippen LogP contribution in [0.25, 0.3) is 0 Å². The SMILES string of the molecule is CNC(C)c1cc(C)ccc1OCc1ccccc1Cl. The van der Waals surface area contributed by atoms with Gasteiger partial charge in [0.25, 0.3) is 0 Å². The molecule has 1 unspecified atom stereocenters. The minimum Gasteiger partial charge on any atom is -0.489 e. The quantitative estimate of drug-likeness (QED) is 0.874. The van der Waals surface area contributed by atoms with Crippen LogP contribution in [0.15, 0.2) is 42.5 Å². The van der Waals surface area contributed by atoms with Crippen LogP contribution in [-0.2, 0) is 6.61 Å². The molecule has 0 saturated carbocycles. The summed E-state index contributed by atoms with van der Waals surface area (Å²) in [6.45, 7) is 4.69. The molecule has 1 atom stereocenters. The number of benzene rings is 2. The fourth-order valence-corrected chi connectivity index (χ4v) is 2.25. The number of rotatable bonds is 5. The first kappa shape index (κ1) is 14.9. The molecule has 0 fully saturated rings. The molecule has 2 nitrogen and oxygen atoms in total. The number of ether oxygens (including phenoxy) is 1. The molecule has 2 aromatic rings. The highest BCUT2D eigenvalue weighted by molar-refractivity contribution is 6.31. The van der Waals surface area contributed by atoms with Gasteiger partial charge >= 0.3 is 0 Å². The maximum Gasteiger partial charge on any atom is 0.124 e. The summed E-state index contributed by atoms with van der Waals surface area (Å²) in [7, 11) is 1.95. The average Bonchev–Trinajstić information content (AvgIpc) is 2.46. The number of hydrogen-bond donors (Lipinski definition) is 1. The maximum absolute atomic E-state index is 6.15. The van der Waals surface area contributed by atoms with Crippen LogP contribution in [0.1, 0.15) is 29.7 Å². The number of nitrogens with one attached hydrogen (secondary N) is 1. The number of aryl methyl sites for hydroxylation is 1. The van der Waals surface area contributed by atoms with Crippen molar-refractivity contribution in [3.8, 4) is 5.75 Å². The maximum atomic E-state index is 6.15. The van der Waals surface area contributed by atoms with Gasteiger partial charge in [-0.15, -0.1) is 0 Å². The molecule has 20 heavy (non-hydrogen) atoms. The van der Waals surface area contributed by atoms with Gasteiger partial charge in [-0.05, 0) is 33.0 Å². The molecule has 0 heterocycles. The summed E-state index contributed by atoms with van der Waals surface area (Å²) >= 11 is 6.15. The van der Waals surface area contributed by atoms with Crippen molar-refractivity contribution >= 4 is 11.6 Å². The third-order valence-electron chi connectivity index (χ3n) is 3.41. The van der Waals surface area contributed by atoms with Crippen molar-refractivity contribution in [2.24, 2.45) is 0 Å². The molecular formula is C17H20ClNO. The summed E-state index contributed by atoms with van der Waals surface area (Å²) < 4.78 is 5.96. The molecule has 0 amide bonds. The molecule has 106 valence electrons. The van der Waals surface area contributed by atoms with Gasteiger partial charge in [-0.3, -0.25) is 0 Å². The predicted octanol–water partition coefficient (Wildman–Crippen LogP) is 4.51. The van der Waals surface area contributed by atoms with E-state index >= 15 is 0 Å². The molecule has 2 rings (SSSR count). The first-order valence-corrected chi connectivity index (χ1v) is 7.13. The summed E-state index contributed by atoms with van der Waals surface area (Å²) in [5.74, 6) is 0.900. The van der Waals surface area contributed by atoms with Crippen LogP contribution in [0.2, 0.25) is 5.02 Å². The number of halogens is 1. The molecule has 2 aromatic carbocycles. The zero-order chi connectivity index (χ0) is 14.5. The molecule has 0 saturated heterocycles. The first-order chi connectivity index (χ1) is 9.61. The van der Waals surface area contributed by atoms with Crippen LogP contribution in [0.4, 0.5) is 0 Å². The third-order valence-corrected chi connectivity index (χ3v) is 3.77. The van der Waals surface area contributed by atoms with Gasteiger partial charge in [0.1, 0.15) is 12.4 Å². The van der Waals surface area contributed by atoms with Crippen LogP contribution in [-0.4, -0.2) is 7.05 Å². The topological polar surface area (TPSA) is 21.3 Å². The van der Waals surface area contributed by atoms with Gasteiger partial charge in [0.05, 0.1) is 0 Å². The van der Waals surface area contributed by atoms with Gasteiger partial charge in [0.2, 0.25) is 0 Å². The molecule has 0 aliphatic carbocycles.